The van der Waals surface area contributed by atoms with Gasteiger partial charge < -0.3 is 21.1 Å². The second kappa shape index (κ2) is 8.04. The van der Waals surface area contributed by atoms with Crippen LogP contribution in [0.3, 0.4) is 0 Å². The number of amides is 2. The van der Waals surface area contributed by atoms with Crippen molar-refractivity contribution in [1.82, 2.24) is 10.6 Å². The first-order valence-corrected chi connectivity index (χ1v) is 6.49. The van der Waals surface area contributed by atoms with Gasteiger partial charge in [-0.3, -0.25) is 9.59 Å². The lowest BCUT2D eigenvalue weighted by atomic mass is 10.2. The Bertz CT molecular complexity index is 443. The molecule has 0 aliphatic heterocycles. The van der Waals surface area contributed by atoms with Crippen molar-refractivity contribution < 1.29 is 14.3 Å². The predicted octanol–water partition coefficient (Wildman–Crippen LogP) is 0.536. The van der Waals surface area contributed by atoms with Crippen LogP contribution in [0.5, 0.6) is 5.75 Å². The molecule has 0 fully saturated rings. The molecule has 1 aromatic rings. The van der Waals surface area contributed by atoms with E-state index >= 15 is 0 Å². The molecule has 0 aliphatic rings. The Morgan fingerprint density at radius 1 is 1.15 bits per heavy atom. The van der Waals surface area contributed by atoms with Crippen molar-refractivity contribution in [1.29, 1.82) is 0 Å². The number of anilines is 1. The molecular formula is C14H21N3O3. The Hall–Kier alpha value is -2.24. The molecule has 0 saturated heterocycles. The molecule has 110 valence electrons. The fourth-order valence-corrected chi connectivity index (χ4v) is 1.32. The van der Waals surface area contributed by atoms with Crippen LogP contribution in [-0.2, 0) is 9.59 Å². The Morgan fingerprint density at radius 3 is 2.40 bits per heavy atom. The van der Waals surface area contributed by atoms with Crippen molar-refractivity contribution in [3.05, 3.63) is 24.3 Å². The topological polar surface area (TPSA) is 93.5 Å². The number of carbonyl (C=O) groups is 2. The summed E-state index contributed by atoms with van der Waals surface area (Å²) in [6.45, 7) is 4.41. The summed E-state index contributed by atoms with van der Waals surface area (Å²) in [4.78, 5) is 22.9. The Balaban J connectivity index is 2.20. The maximum atomic E-state index is 11.5. The molecule has 2 amide bonds. The first-order chi connectivity index (χ1) is 9.47. The number of benzene rings is 1. The van der Waals surface area contributed by atoms with Gasteiger partial charge in [0, 0.05) is 12.2 Å². The lowest BCUT2D eigenvalue weighted by molar-refractivity contribution is -0.127. The minimum atomic E-state index is -0.346. The van der Waals surface area contributed by atoms with Crippen LogP contribution in [0.4, 0.5) is 5.69 Å². The van der Waals surface area contributed by atoms with E-state index in [1.54, 1.807) is 24.3 Å². The highest BCUT2D eigenvalue weighted by Gasteiger charge is 2.06. The molecule has 20 heavy (non-hydrogen) atoms. The zero-order valence-electron chi connectivity index (χ0n) is 11.8. The Morgan fingerprint density at radius 2 is 1.80 bits per heavy atom. The summed E-state index contributed by atoms with van der Waals surface area (Å²) in [5, 5.41) is 5.20. The fraction of sp³-hybridized carbons (Fsp3) is 0.429. The van der Waals surface area contributed by atoms with Gasteiger partial charge >= 0.3 is 0 Å². The second-order valence-electron chi connectivity index (χ2n) is 4.83. The molecule has 0 unspecified atom stereocenters. The zero-order chi connectivity index (χ0) is 15.0. The predicted molar refractivity (Wildman–Crippen MR) is 77.2 cm³/mol. The quantitative estimate of drug-likeness (QED) is 0.635. The van der Waals surface area contributed by atoms with Crippen molar-refractivity contribution in [2.45, 2.75) is 13.8 Å². The highest BCUT2D eigenvalue weighted by atomic mass is 16.5. The van der Waals surface area contributed by atoms with Crippen LogP contribution in [0, 0.1) is 5.92 Å². The summed E-state index contributed by atoms with van der Waals surface area (Å²) in [5.41, 5.74) is 6.16. The van der Waals surface area contributed by atoms with E-state index in [0.29, 0.717) is 23.9 Å². The number of carbonyl (C=O) groups excluding carboxylic acids is 2. The first-order valence-electron chi connectivity index (χ1n) is 6.49. The van der Waals surface area contributed by atoms with Gasteiger partial charge in [0.05, 0.1) is 6.54 Å². The maximum Gasteiger partial charge on any atom is 0.258 e. The van der Waals surface area contributed by atoms with Gasteiger partial charge in [0.25, 0.3) is 5.91 Å². The van der Waals surface area contributed by atoms with Crippen LogP contribution in [0.25, 0.3) is 0 Å². The highest BCUT2D eigenvalue weighted by molar-refractivity contribution is 5.85. The summed E-state index contributed by atoms with van der Waals surface area (Å²) in [6, 6.07) is 6.73. The van der Waals surface area contributed by atoms with Crippen LogP contribution in [0.15, 0.2) is 24.3 Å². The number of hydrogen-bond acceptors (Lipinski definition) is 4. The zero-order valence-corrected chi connectivity index (χ0v) is 11.8. The van der Waals surface area contributed by atoms with Crippen molar-refractivity contribution in [2.75, 3.05) is 25.4 Å². The Kier molecular flexibility index (Phi) is 6.36. The van der Waals surface area contributed by atoms with Gasteiger partial charge in [0.1, 0.15) is 5.75 Å². The molecule has 0 bridgehead atoms. The fourth-order valence-electron chi connectivity index (χ4n) is 1.32. The monoisotopic (exact) mass is 279 g/mol. The maximum absolute atomic E-state index is 11.5. The first kappa shape index (κ1) is 15.8. The number of hydrogen-bond donors (Lipinski definition) is 3. The highest BCUT2D eigenvalue weighted by Crippen LogP contribution is 2.12. The van der Waals surface area contributed by atoms with Gasteiger partial charge in [-0.1, -0.05) is 13.8 Å². The van der Waals surface area contributed by atoms with Crippen LogP contribution < -0.4 is 21.1 Å². The molecule has 1 aromatic carbocycles. The molecule has 1 rings (SSSR count). The molecule has 0 atom stereocenters. The molecule has 0 aliphatic carbocycles. The molecule has 0 aromatic heterocycles. The molecule has 0 heterocycles. The van der Waals surface area contributed by atoms with Crippen LogP contribution in [0.1, 0.15) is 13.8 Å². The van der Waals surface area contributed by atoms with Gasteiger partial charge in [0.15, 0.2) is 6.61 Å². The summed E-state index contributed by atoms with van der Waals surface area (Å²) in [7, 11) is 0. The van der Waals surface area contributed by atoms with E-state index in [4.69, 9.17) is 10.5 Å². The molecule has 6 heteroatoms. The Labute approximate surface area is 118 Å². The van der Waals surface area contributed by atoms with Crippen molar-refractivity contribution in [2.24, 2.45) is 5.92 Å². The smallest absolute Gasteiger partial charge is 0.258 e. The molecule has 0 saturated carbocycles. The van der Waals surface area contributed by atoms with Crippen molar-refractivity contribution in [3.63, 3.8) is 0 Å². The van der Waals surface area contributed by atoms with E-state index in [9.17, 15) is 9.59 Å². The van der Waals surface area contributed by atoms with Gasteiger partial charge in [-0.2, -0.15) is 0 Å². The third kappa shape index (κ3) is 6.63. The third-order valence-corrected chi connectivity index (χ3v) is 2.40. The standard InChI is InChI=1S/C14H21N3O3/c1-10(2)7-16-13(18)8-17-14(19)9-20-12-5-3-11(15)4-6-12/h3-6,10H,7-9,15H2,1-2H3,(H,16,18)(H,17,19). The lowest BCUT2D eigenvalue weighted by Gasteiger charge is -2.09. The van der Waals surface area contributed by atoms with E-state index in [0.717, 1.165) is 0 Å². The molecular weight excluding hydrogens is 258 g/mol. The summed E-state index contributed by atoms with van der Waals surface area (Å²) in [5.74, 6) is 0.378. The van der Waals surface area contributed by atoms with Gasteiger partial charge in [-0.25, -0.2) is 0 Å². The summed E-state index contributed by atoms with van der Waals surface area (Å²) in [6.07, 6.45) is 0. The third-order valence-electron chi connectivity index (χ3n) is 2.40. The van der Waals surface area contributed by atoms with Crippen LogP contribution in [-0.4, -0.2) is 31.5 Å². The van der Waals surface area contributed by atoms with Gasteiger partial charge in [-0.05, 0) is 30.2 Å². The summed E-state index contributed by atoms with van der Waals surface area (Å²) >= 11 is 0. The van der Waals surface area contributed by atoms with E-state index < -0.39 is 0 Å². The number of nitrogen functional groups attached to an aromatic ring is 1. The number of rotatable bonds is 7. The average Bonchev–Trinajstić information content (AvgIpc) is 2.42. The second-order valence-corrected chi connectivity index (χ2v) is 4.83. The van der Waals surface area contributed by atoms with Gasteiger partial charge in [0.2, 0.25) is 5.91 Å². The molecule has 0 radical (unpaired) electrons. The number of ether oxygens (including phenoxy) is 1. The average molecular weight is 279 g/mol. The molecule has 4 N–H and O–H groups in total. The van der Waals surface area contributed by atoms with E-state index in [1.807, 2.05) is 13.8 Å². The lowest BCUT2D eigenvalue weighted by Crippen LogP contribution is -2.39. The minimum absolute atomic E-state index is 0.0450. The van der Waals surface area contributed by atoms with Gasteiger partial charge in [-0.15, -0.1) is 0 Å². The van der Waals surface area contributed by atoms with E-state index in [-0.39, 0.29) is 25.0 Å². The van der Waals surface area contributed by atoms with E-state index in [2.05, 4.69) is 10.6 Å². The van der Waals surface area contributed by atoms with Crippen molar-refractivity contribution in [3.8, 4) is 5.75 Å². The van der Waals surface area contributed by atoms with Crippen LogP contribution >= 0.6 is 0 Å². The minimum Gasteiger partial charge on any atom is -0.484 e. The van der Waals surface area contributed by atoms with Crippen molar-refractivity contribution >= 4 is 17.5 Å². The normalized spacial score (nSPS) is 10.2. The SMILES string of the molecule is CC(C)CNC(=O)CNC(=O)COc1ccc(N)cc1. The largest absolute Gasteiger partial charge is 0.484 e. The molecule has 0 spiro atoms. The number of nitrogens with one attached hydrogen (secondary N) is 2. The van der Waals surface area contributed by atoms with E-state index in [1.165, 1.54) is 0 Å². The van der Waals surface area contributed by atoms with Crippen LogP contribution in [0.2, 0.25) is 0 Å². The number of nitrogens with two attached hydrogens (primary N) is 1. The summed E-state index contributed by atoms with van der Waals surface area (Å²) < 4.78 is 5.25. The molecule has 6 nitrogen and oxygen atoms in total.